The van der Waals surface area contributed by atoms with E-state index < -0.39 is 0 Å². The van der Waals surface area contributed by atoms with Crippen molar-refractivity contribution in [3.63, 3.8) is 0 Å². The second-order valence-electron chi connectivity index (χ2n) is 5.12. The van der Waals surface area contributed by atoms with E-state index in [9.17, 15) is 0 Å². The average molecular weight is 268 g/mol. The van der Waals surface area contributed by atoms with Crippen LogP contribution in [0.4, 0.5) is 0 Å². The molecular weight excluding hydrogens is 244 g/mol. The molecule has 0 bridgehead atoms. The predicted molar refractivity (Wildman–Crippen MR) is 76.2 cm³/mol. The van der Waals surface area contributed by atoms with Gasteiger partial charge in [0.2, 0.25) is 0 Å². The fourth-order valence-corrected chi connectivity index (χ4v) is 4.02. The standard InChI is InChI=1S/C14H24N2OS/c1-5-12-11(4)18-13(16-12)14(15-6-2)7-8-17-10(3)9-14/h10,15H,5-9H2,1-4H3. The summed E-state index contributed by atoms with van der Waals surface area (Å²) >= 11 is 1.86. The highest BCUT2D eigenvalue weighted by Gasteiger charge is 2.39. The monoisotopic (exact) mass is 268 g/mol. The lowest BCUT2D eigenvalue weighted by Gasteiger charge is -2.39. The maximum absolute atomic E-state index is 5.70. The molecule has 1 aliphatic rings. The lowest BCUT2D eigenvalue weighted by atomic mass is 9.87. The van der Waals surface area contributed by atoms with E-state index in [0.29, 0.717) is 6.10 Å². The lowest BCUT2D eigenvalue weighted by molar-refractivity contribution is -0.0202. The summed E-state index contributed by atoms with van der Waals surface area (Å²) in [4.78, 5) is 6.24. The highest BCUT2D eigenvalue weighted by molar-refractivity contribution is 7.11. The van der Waals surface area contributed by atoms with Gasteiger partial charge in [-0.15, -0.1) is 11.3 Å². The van der Waals surface area contributed by atoms with E-state index >= 15 is 0 Å². The molecule has 0 spiro atoms. The third-order valence-corrected chi connectivity index (χ3v) is 4.94. The Labute approximate surface area is 114 Å². The Hall–Kier alpha value is -0.450. The van der Waals surface area contributed by atoms with Crippen LogP contribution in [0.15, 0.2) is 0 Å². The summed E-state index contributed by atoms with van der Waals surface area (Å²) in [6, 6.07) is 0. The van der Waals surface area contributed by atoms with Crippen LogP contribution in [0.5, 0.6) is 0 Å². The van der Waals surface area contributed by atoms with E-state index in [1.165, 1.54) is 15.6 Å². The van der Waals surface area contributed by atoms with Crippen molar-refractivity contribution < 1.29 is 4.74 Å². The average Bonchev–Trinajstić information content (AvgIpc) is 2.71. The molecule has 0 saturated carbocycles. The van der Waals surface area contributed by atoms with Crippen LogP contribution in [-0.2, 0) is 16.7 Å². The van der Waals surface area contributed by atoms with E-state index in [1.807, 2.05) is 11.3 Å². The first kappa shape index (κ1) is 14.0. The molecule has 1 aromatic heterocycles. The third-order valence-electron chi connectivity index (χ3n) is 3.72. The Morgan fingerprint density at radius 3 is 2.83 bits per heavy atom. The first-order chi connectivity index (χ1) is 8.61. The maximum Gasteiger partial charge on any atom is 0.113 e. The van der Waals surface area contributed by atoms with E-state index in [4.69, 9.17) is 9.72 Å². The van der Waals surface area contributed by atoms with Crippen molar-refractivity contribution in [1.82, 2.24) is 10.3 Å². The number of ether oxygens (including phenoxy) is 1. The van der Waals surface area contributed by atoms with Gasteiger partial charge in [0.05, 0.1) is 17.3 Å². The summed E-state index contributed by atoms with van der Waals surface area (Å²) in [6.45, 7) is 10.5. The number of aryl methyl sites for hydroxylation is 2. The van der Waals surface area contributed by atoms with Crippen molar-refractivity contribution >= 4 is 11.3 Å². The van der Waals surface area contributed by atoms with Crippen molar-refractivity contribution in [1.29, 1.82) is 0 Å². The van der Waals surface area contributed by atoms with Gasteiger partial charge in [-0.25, -0.2) is 4.98 Å². The van der Waals surface area contributed by atoms with Gasteiger partial charge in [0.15, 0.2) is 0 Å². The van der Waals surface area contributed by atoms with Crippen LogP contribution in [0.3, 0.4) is 0 Å². The van der Waals surface area contributed by atoms with Gasteiger partial charge in [0, 0.05) is 11.5 Å². The van der Waals surface area contributed by atoms with Gasteiger partial charge in [-0.2, -0.15) is 0 Å². The van der Waals surface area contributed by atoms with Gasteiger partial charge in [0.1, 0.15) is 5.01 Å². The Morgan fingerprint density at radius 1 is 1.50 bits per heavy atom. The van der Waals surface area contributed by atoms with Crippen LogP contribution in [0.1, 0.15) is 49.2 Å². The van der Waals surface area contributed by atoms with Gasteiger partial charge in [0.25, 0.3) is 0 Å². The van der Waals surface area contributed by atoms with Crippen molar-refractivity contribution in [2.45, 2.75) is 58.6 Å². The first-order valence-electron chi connectivity index (χ1n) is 6.94. The van der Waals surface area contributed by atoms with E-state index in [0.717, 1.165) is 32.4 Å². The Balaban J connectivity index is 2.33. The normalized spacial score (nSPS) is 28.6. The number of nitrogens with one attached hydrogen (secondary N) is 1. The first-order valence-corrected chi connectivity index (χ1v) is 7.76. The highest BCUT2D eigenvalue weighted by Crippen LogP contribution is 2.37. The molecule has 1 fully saturated rings. The molecule has 1 aromatic rings. The van der Waals surface area contributed by atoms with Crippen LogP contribution >= 0.6 is 11.3 Å². The van der Waals surface area contributed by atoms with Crippen LogP contribution in [0, 0.1) is 6.92 Å². The minimum Gasteiger partial charge on any atom is -0.378 e. The van der Waals surface area contributed by atoms with Crippen LogP contribution in [-0.4, -0.2) is 24.2 Å². The molecule has 0 aliphatic carbocycles. The molecule has 0 radical (unpaired) electrons. The number of rotatable bonds is 4. The van der Waals surface area contributed by atoms with Gasteiger partial charge in [-0.05, 0) is 39.7 Å². The Kier molecular flexibility index (Phi) is 4.41. The summed E-state index contributed by atoms with van der Waals surface area (Å²) in [5, 5.41) is 4.94. The largest absolute Gasteiger partial charge is 0.378 e. The molecule has 1 aliphatic heterocycles. The summed E-state index contributed by atoms with van der Waals surface area (Å²) < 4.78 is 5.70. The Morgan fingerprint density at radius 2 is 2.28 bits per heavy atom. The summed E-state index contributed by atoms with van der Waals surface area (Å²) in [6.07, 6.45) is 3.39. The summed E-state index contributed by atoms with van der Waals surface area (Å²) in [7, 11) is 0. The molecule has 18 heavy (non-hydrogen) atoms. The van der Waals surface area contributed by atoms with Crippen molar-refractivity contribution in [2.24, 2.45) is 0 Å². The summed E-state index contributed by atoms with van der Waals surface area (Å²) in [5.41, 5.74) is 1.29. The van der Waals surface area contributed by atoms with Crippen LogP contribution in [0.2, 0.25) is 0 Å². The van der Waals surface area contributed by atoms with Gasteiger partial charge < -0.3 is 10.1 Å². The van der Waals surface area contributed by atoms with Crippen molar-refractivity contribution in [3.05, 3.63) is 15.6 Å². The van der Waals surface area contributed by atoms with E-state index in [1.54, 1.807) is 0 Å². The number of nitrogens with zero attached hydrogens (tertiary/aromatic N) is 1. The predicted octanol–water partition coefficient (Wildman–Crippen LogP) is 3.02. The molecule has 0 aromatic carbocycles. The lowest BCUT2D eigenvalue weighted by Crippen LogP contribution is -2.48. The zero-order chi connectivity index (χ0) is 13.2. The molecule has 2 unspecified atom stereocenters. The fraction of sp³-hybridized carbons (Fsp3) is 0.786. The van der Waals surface area contributed by atoms with Crippen molar-refractivity contribution in [2.75, 3.05) is 13.2 Å². The minimum atomic E-state index is 0.0370. The Bertz CT molecular complexity index is 400. The van der Waals surface area contributed by atoms with Gasteiger partial charge >= 0.3 is 0 Å². The quantitative estimate of drug-likeness (QED) is 0.911. The highest BCUT2D eigenvalue weighted by atomic mass is 32.1. The molecule has 3 nitrogen and oxygen atoms in total. The smallest absolute Gasteiger partial charge is 0.113 e. The number of aromatic nitrogens is 1. The molecular formula is C14H24N2OS. The zero-order valence-electron chi connectivity index (χ0n) is 11.9. The minimum absolute atomic E-state index is 0.0370. The van der Waals surface area contributed by atoms with Crippen molar-refractivity contribution in [3.8, 4) is 0 Å². The molecule has 1 saturated heterocycles. The SMILES string of the molecule is CCNC1(c2nc(CC)c(C)s2)CCOC(C)C1. The van der Waals surface area contributed by atoms with Gasteiger partial charge in [-0.3, -0.25) is 0 Å². The number of thiazole rings is 1. The second kappa shape index (κ2) is 5.68. The van der Waals surface area contributed by atoms with Gasteiger partial charge in [-0.1, -0.05) is 13.8 Å². The molecule has 2 rings (SSSR count). The fourth-order valence-electron chi connectivity index (χ4n) is 2.82. The topological polar surface area (TPSA) is 34.2 Å². The van der Waals surface area contributed by atoms with Crippen LogP contribution in [0.25, 0.3) is 0 Å². The van der Waals surface area contributed by atoms with E-state index in [-0.39, 0.29) is 5.54 Å². The summed E-state index contributed by atoms with van der Waals surface area (Å²) in [5.74, 6) is 0. The number of hydrogen-bond acceptors (Lipinski definition) is 4. The maximum atomic E-state index is 5.70. The third kappa shape index (κ3) is 2.60. The molecule has 4 heteroatoms. The molecule has 0 amide bonds. The number of hydrogen-bond donors (Lipinski definition) is 1. The molecule has 2 atom stereocenters. The molecule has 1 N–H and O–H groups in total. The molecule has 102 valence electrons. The van der Waals surface area contributed by atoms with E-state index in [2.05, 4.69) is 33.0 Å². The van der Waals surface area contributed by atoms with Crippen LogP contribution < -0.4 is 5.32 Å². The zero-order valence-corrected chi connectivity index (χ0v) is 12.7. The molecule has 2 heterocycles. The second-order valence-corrected chi connectivity index (χ2v) is 6.33.